The van der Waals surface area contributed by atoms with E-state index in [-0.39, 0.29) is 68.6 Å². The molecule has 4 saturated carbocycles. The van der Waals surface area contributed by atoms with E-state index >= 15 is 4.79 Å². The maximum Gasteiger partial charge on any atom is 0.530 e. The highest BCUT2D eigenvalue weighted by Crippen LogP contribution is 2.53. The Bertz CT molecular complexity index is 2310. The predicted molar refractivity (Wildman–Crippen MR) is 236 cm³/mol. The Labute approximate surface area is 374 Å². The highest BCUT2D eigenvalue weighted by atomic mass is 32.2. The number of nitrogens with one attached hydrogen (secondary N) is 3. The van der Waals surface area contributed by atoms with E-state index < -0.39 is 76.6 Å². The lowest BCUT2D eigenvalue weighted by Gasteiger charge is -2.32. The number of phosphoric ester groups is 1. The van der Waals surface area contributed by atoms with Gasteiger partial charge in [0.05, 0.1) is 36.1 Å². The van der Waals surface area contributed by atoms with Gasteiger partial charge < -0.3 is 29.5 Å². The van der Waals surface area contributed by atoms with Crippen LogP contribution in [0.2, 0.25) is 0 Å². The SMILES string of the molecule is C=C[C@@H]1C[C@]1(NC(=O)[C@@H]1C[C@@H]2CN1C(=O)[C@H](C1CCCC1)NC(=O)O[C@@H]1CCC[C@H]1CC/C=C/Cc1c(nc3ccccc3c1OP(=O)(OCC)OCC)O2)C(=O)NS(=O)(=O)C1CC1. The van der Waals surface area contributed by atoms with Gasteiger partial charge in [-0.05, 0) is 108 Å². The Hall–Kier alpha value is -4.51. The molecule has 4 amide bonds. The zero-order chi connectivity index (χ0) is 45.2. The van der Waals surface area contributed by atoms with E-state index in [0.717, 1.165) is 32.1 Å². The quantitative estimate of drug-likeness (QED) is 0.152. The first-order valence-corrected chi connectivity index (χ1v) is 25.9. The molecule has 2 bridgehead atoms. The van der Waals surface area contributed by atoms with Crippen LogP contribution in [0.4, 0.5) is 4.79 Å². The van der Waals surface area contributed by atoms with Gasteiger partial charge in [-0.1, -0.05) is 43.2 Å². The zero-order valence-corrected chi connectivity index (χ0v) is 38.2. The summed E-state index contributed by atoms with van der Waals surface area (Å²) in [4.78, 5) is 63.6. The van der Waals surface area contributed by atoms with Crippen LogP contribution in [0, 0.1) is 17.8 Å². The summed E-state index contributed by atoms with van der Waals surface area (Å²) in [7, 11) is -8.10. The summed E-state index contributed by atoms with van der Waals surface area (Å²) in [5, 5.41) is 5.64. The lowest BCUT2D eigenvalue weighted by Crippen LogP contribution is -2.59. The molecule has 0 spiro atoms. The Balaban J connectivity index is 1.19. The molecule has 0 radical (unpaired) electrons. The minimum absolute atomic E-state index is 0.0509. The van der Waals surface area contributed by atoms with Gasteiger partial charge in [0.1, 0.15) is 35.6 Å². The van der Waals surface area contributed by atoms with Gasteiger partial charge in [-0.2, -0.15) is 0 Å². The molecule has 7 atom stereocenters. The number of amides is 4. The smallest absolute Gasteiger partial charge is 0.472 e. The van der Waals surface area contributed by atoms with E-state index in [1.54, 1.807) is 32.0 Å². The van der Waals surface area contributed by atoms with Gasteiger partial charge in [-0.25, -0.2) is 22.8 Å². The first-order chi connectivity index (χ1) is 30.8. The molecule has 6 aliphatic rings. The number of hydrogen-bond donors (Lipinski definition) is 3. The Morgan fingerprint density at radius 3 is 2.44 bits per heavy atom. The lowest BCUT2D eigenvalue weighted by atomic mass is 9.96. The molecule has 3 heterocycles. The fourth-order valence-corrected chi connectivity index (χ4v) is 12.5. The number of carbonyl (C=O) groups is 4. The van der Waals surface area contributed by atoms with E-state index in [1.165, 1.54) is 11.0 Å². The summed E-state index contributed by atoms with van der Waals surface area (Å²) in [5.41, 5.74) is -0.706. The molecule has 3 N–H and O–H groups in total. The standard InChI is InChI=1S/C45H60N5O12PS/c1-4-30-26-45(30,43(53)49-64(56,57)32-23-24-32)48-40(51)36-25-31-27-50(36)42(52)38(29-16-10-11-17-29)47-44(54)61-37-22-14-18-28(37)15-8-7-9-20-34-39(62-63(55,58-5-2)59-6-3)33-19-12-13-21-35(33)46-41(34)60-31/h4,7,9,12-13,19,21,28-32,36-38H,1,5-6,8,10-11,14-18,20,22-27H2,2-3H3,(H,47,54)(H,48,51)(H,49,53)/b9-7+/t28-,30-,31-,36+,37-,38+,45-/m1/s1. The van der Waals surface area contributed by atoms with Crippen molar-refractivity contribution in [1.82, 2.24) is 25.2 Å². The van der Waals surface area contributed by atoms with Crippen LogP contribution in [0.3, 0.4) is 0 Å². The number of alkyl carbamates (subject to hydrolysis) is 1. The topological polar surface area (TPSA) is 218 Å². The number of sulfonamides is 1. The number of pyridine rings is 1. The number of allylic oxidation sites excluding steroid dienone is 2. The number of hydrogen-bond acceptors (Lipinski definition) is 13. The second-order valence-corrected chi connectivity index (χ2v) is 21.4. The molecule has 1 saturated heterocycles. The van der Waals surface area contributed by atoms with E-state index in [9.17, 15) is 27.4 Å². The first kappa shape index (κ1) is 46.0. The molecular formula is C45H60N5O12PS. The van der Waals surface area contributed by atoms with E-state index in [1.807, 2.05) is 18.2 Å². The largest absolute Gasteiger partial charge is 0.530 e. The molecule has 1 aromatic carbocycles. The predicted octanol–water partition coefficient (Wildman–Crippen LogP) is 6.16. The molecule has 2 aromatic rings. The van der Waals surface area contributed by atoms with Gasteiger partial charge in [-0.15, -0.1) is 6.58 Å². The third-order valence-electron chi connectivity index (χ3n) is 13.5. The number of fused-ring (bicyclic) bond motifs is 5. The van der Waals surface area contributed by atoms with Gasteiger partial charge >= 0.3 is 13.9 Å². The summed E-state index contributed by atoms with van der Waals surface area (Å²) < 4.78 is 72.3. The maximum atomic E-state index is 15.1. The normalized spacial score (nSPS) is 29.6. The van der Waals surface area contributed by atoms with E-state index in [0.29, 0.717) is 55.0 Å². The second kappa shape index (κ2) is 19.1. The molecule has 64 heavy (non-hydrogen) atoms. The summed E-state index contributed by atoms with van der Waals surface area (Å²) in [5.74, 6) is -2.42. The third-order valence-corrected chi connectivity index (χ3v) is 16.9. The molecule has 8 rings (SSSR count). The highest BCUT2D eigenvalue weighted by molar-refractivity contribution is 7.91. The van der Waals surface area contributed by atoms with Gasteiger partial charge in [0, 0.05) is 17.7 Å². The van der Waals surface area contributed by atoms with Crippen LogP contribution in [0.1, 0.15) is 103 Å². The van der Waals surface area contributed by atoms with E-state index in [4.69, 9.17) is 28.0 Å². The summed E-state index contributed by atoms with van der Waals surface area (Å²) >= 11 is 0. The van der Waals surface area contributed by atoms with Crippen LogP contribution in [0.15, 0.2) is 49.1 Å². The van der Waals surface area contributed by atoms with Crippen LogP contribution in [-0.4, -0.2) is 97.0 Å². The van der Waals surface area contributed by atoms with Gasteiger partial charge in [0.2, 0.25) is 27.7 Å². The molecular weight excluding hydrogens is 866 g/mol. The minimum atomic E-state index is -4.15. The van der Waals surface area contributed by atoms with Crippen LogP contribution < -0.4 is 24.6 Å². The Morgan fingerprint density at radius 1 is 1.00 bits per heavy atom. The molecule has 2 aliphatic heterocycles. The number of carbonyl (C=O) groups excluding carboxylic acids is 4. The van der Waals surface area contributed by atoms with Crippen molar-refractivity contribution in [1.29, 1.82) is 0 Å². The van der Waals surface area contributed by atoms with Crippen molar-refractivity contribution >= 4 is 52.6 Å². The summed E-state index contributed by atoms with van der Waals surface area (Å²) in [6, 6.07) is 4.92. The van der Waals surface area contributed by atoms with E-state index in [2.05, 4.69) is 21.9 Å². The lowest BCUT2D eigenvalue weighted by molar-refractivity contribution is -0.142. The van der Waals surface area contributed by atoms with Gasteiger partial charge in [-0.3, -0.25) is 28.2 Å². The molecule has 19 heteroatoms. The fourth-order valence-electron chi connectivity index (χ4n) is 9.92. The highest BCUT2D eigenvalue weighted by Gasteiger charge is 2.62. The van der Waals surface area contributed by atoms with Gasteiger partial charge in [0.15, 0.2) is 0 Å². The molecule has 1 aromatic heterocycles. The monoisotopic (exact) mass is 925 g/mol. The van der Waals surface area contributed by atoms with Crippen LogP contribution >= 0.6 is 7.82 Å². The Morgan fingerprint density at radius 2 is 1.73 bits per heavy atom. The maximum absolute atomic E-state index is 15.1. The summed E-state index contributed by atoms with van der Waals surface area (Å²) in [6.45, 7) is 7.18. The number of para-hydroxylation sites is 1. The van der Waals surface area contributed by atoms with Crippen LogP contribution in [0.25, 0.3) is 10.9 Å². The zero-order valence-electron chi connectivity index (χ0n) is 36.5. The van der Waals surface area contributed by atoms with Gasteiger partial charge in [0.25, 0.3) is 5.91 Å². The van der Waals surface area contributed by atoms with Crippen molar-refractivity contribution in [2.45, 2.75) is 139 Å². The molecule has 348 valence electrons. The number of benzene rings is 1. The number of rotatable bonds is 13. The molecule has 0 unspecified atom stereocenters. The number of phosphoric acid groups is 1. The molecule has 17 nitrogen and oxygen atoms in total. The van der Waals surface area contributed by atoms with Crippen molar-refractivity contribution in [3.63, 3.8) is 0 Å². The minimum Gasteiger partial charge on any atom is -0.472 e. The van der Waals surface area contributed by atoms with Crippen LogP contribution in [-0.2, 0) is 49.2 Å². The molecule has 5 fully saturated rings. The average Bonchev–Trinajstić information content (AvgIpc) is 4.05. The molecule has 4 aliphatic carbocycles. The van der Waals surface area contributed by atoms with Crippen molar-refractivity contribution in [3.05, 3.63) is 54.6 Å². The van der Waals surface area contributed by atoms with Crippen molar-refractivity contribution < 1.29 is 55.2 Å². The summed E-state index contributed by atoms with van der Waals surface area (Å²) in [6.07, 6.45) is 11.8. The number of ether oxygens (including phenoxy) is 2. The van der Waals surface area contributed by atoms with Crippen molar-refractivity contribution in [3.8, 4) is 11.6 Å². The third kappa shape index (κ3) is 9.85. The number of nitrogens with zero attached hydrogens (tertiary/aromatic N) is 2. The fraction of sp³-hybridized carbons (Fsp3) is 0.622. The van der Waals surface area contributed by atoms with Crippen molar-refractivity contribution in [2.24, 2.45) is 17.8 Å². The number of aromatic nitrogens is 1. The van der Waals surface area contributed by atoms with Crippen molar-refractivity contribution in [2.75, 3.05) is 19.8 Å². The average molecular weight is 926 g/mol. The first-order valence-electron chi connectivity index (χ1n) is 22.9. The second-order valence-electron chi connectivity index (χ2n) is 17.8. The Kier molecular flexibility index (Phi) is 13.8. The van der Waals surface area contributed by atoms with Crippen LogP contribution in [0.5, 0.6) is 11.6 Å².